The van der Waals surface area contributed by atoms with E-state index in [0.29, 0.717) is 0 Å². The largest absolute Gasteiger partial charge is 0.212 e. The molecule has 2 aromatic carbocycles. The van der Waals surface area contributed by atoms with Crippen LogP contribution in [0.2, 0.25) is 0 Å². The lowest BCUT2D eigenvalue weighted by Gasteiger charge is -2.15. The van der Waals surface area contributed by atoms with Gasteiger partial charge >= 0.3 is 0 Å². The number of aryl methyl sites for hydroxylation is 5. The van der Waals surface area contributed by atoms with Crippen LogP contribution < -0.4 is 4.57 Å². The Labute approximate surface area is 145 Å². The molecule has 0 fully saturated rings. The molecule has 0 N–H and O–H groups in total. The summed E-state index contributed by atoms with van der Waals surface area (Å²) in [6.07, 6.45) is 2.22. The summed E-state index contributed by atoms with van der Waals surface area (Å²) >= 11 is 0. The molecular weight excluding hydrogens is 290 g/mol. The Kier molecular flexibility index (Phi) is 4.28. The first-order valence-electron chi connectivity index (χ1n) is 8.53. The lowest BCUT2D eigenvalue weighted by molar-refractivity contribution is -0.660. The molecule has 0 saturated heterocycles. The fourth-order valence-electron chi connectivity index (χ4n) is 3.57. The number of rotatable bonds is 2. The second-order valence-corrected chi connectivity index (χ2v) is 6.88. The van der Waals surface area contributed by atoms with E-state index in [9.17, 15) is 0 Å². The number of hydrogen-bond acceptors (Lipinski definition) is 0. The van der Waals surface area contributed by atoms with E-state index in [-0.39, 0.29) is 0 Å². The molecule has 1 heterocycles. The Hall–Kier alpha value is -2.41. The molecule has 0 bridgehead atoms. The molecule has 0 radical (unpaired) electrons. The average molecular weight is 316 g/mol. The molecule has 122 valence electrons. The molecule has 0 aliphatic heterocycles. The standard InChI is InChI=1S/C23H26N/c1-15-9-7-10-16(2)23(15)21-12-8-11-20(19(21)5)22-13-17(3)18(4)14-24(22)6/h7-14H,1-6H3/q+1. The van der Waals surface area contributed by atoms with Gasteiger partial charge in [-0.3, -0.25) is 0 Å². The second-order valence-electron chi connectivity index (χ2n) is 6.88. The Bertz CT molecular complexity index is 899. The van der Waals surface area contributed by atoms with Crippen LogP contribution in [-0.2, 0) is 7.05 Å². The Morgan fingerprint density at radius 1 is 0.667 bits per heavy atom. The van der Waals surface area contributed by atoms with Crippen LogP contribution in [-0.4, -0.2) is 0 Å². The fourth-order valence-corrected chi connectivity index (χ4v) is 3.57. The van der Waals surface area contributed by atoms with Crippen molar-refractivity contribution in [2.45, 2.75) is 34.6 Å². The zero-order valence-electron chi connectivity index (χ0n) is 15.6. The van der Waals surface area contributed by atoms with Gasteiger partial charge in [0, 0.05) is 17.2 Å². The van der Waals surface area contributed by atoms with E-state index in [2.05, 4.69) is 94.9 Å². The highest BCUT2D eigenvalue weighted by Gasteiger charge is 2.17. The maximum atomic E-state index is 2.30. The minimum Gasteiger partial charge on any atom is -0.201 e. The number of aromatic nitrogens is 1. The van der Waals surface area contributed by atoms with Crippen LogP contribution in [0.25, 0.3) is 22.4 Å². The Morgan fingerprint density at radius 2 is 1.25 bits per heavy atom. The third-order valence-electron chi connectivity index (χ3n) is 5.10. The van der Waals surface area contributed by atoms with Gasteiger partial charge in [0.25, 0.3) is 0 Å². The molecule has 1 nitrogen and oxygen atoms in total. The highest BCUT2D eigenvalue weighted by atomic mass is 14.9. The van der Waals surface area contributed by atoms with Crippen LogP contribution in [0.4, 0.5) is 0 Å². The molecule has 1 aromatic heterocycles. The average Bonchev–Trinajstić information content (AvgIpc) is 2.53. The molecule has 3 rings (SSSR count). The van der Waals surface area contributed by atoms with Crippen molar-refractivity contribution in [1.29, 1.82) is 0 Å². The van der Waals surface area contributed by atoms with Gasteiger partial charge in [0.15, 0.2) is 6.20 Å². The number of benzene rings is 2. The third-order valence-corrected chi connectivity index (χ3v) is 5.10. The fraction of sp³-hybridized carbons (Fsp3) is 0.261. The highest BCUT2D eigenvalue weighted by Crippen LogP contribution is 2.34. The quantitative estimate of drug-likeness (QED) is 0.558. The predicted molar refractivity (Wildman–Crippen MR) is 102 cm³/mol. The summed E-state index contributed by atoms with van der Waals surface area (Å²) < 4.78 is 2.24. The van der Waals surface area contributed by atoms with E-state index in [1.165, 1.54) is 50.2 Å². The summed E-state index contributed by atoms with van der Waals surface area (Å²) in [4.78, 5) is 0. The van der Waals surface area contributed by atoms with Crippen molar-refractivity contribution in [3.05, 3.63) is 76.5 Å². The van der Waals surface area contributed by atoms with Crippen molar-refractivity contribution in [2.75, 3.05) is 0 Å². The maximum Gasteiger partial charge on any atom is 0.212 e. The van der Waals surface area contributed by atoms with Gasteiger partial charge in [0.2, 0.25) is 5.69 Å². The molecule has 0 saturated carbocycles. The lowest BCUT2D eigenvalue weighted by atomic mass is 9.89. The second kappa shape index (κ2) is 6.24. The molecule has 24 heavy (non-hydrogen) atoms. The van der Waals surface area contributed by atoms with Crippen molar-refractivity contribution in [2.24, 2.45) is 7.05 Å². The minimum absolute atomic E-state index is 1.27. The molecule has 0 spiro atoms. The first-order valence-corrected chi connectivity index (χ1v) is 8.53. The lowest BCUT2D eigenvalue weighted by Crippen LogP contribution is -2.31. The molecule has 1 heteroatoms. The zero-order chi connectivity index (χ0) is 17.4. The number of nitrogens with zero attached hydrogens (tertiary/aromatic N) is 1. The summed E-state index contributed by atoms with van der Waals surface area (Å²) in [7, 11) is 2.13. The van der Waals surface area contributed by atoms with Crippen LogP contribution in [0.1, 0.15) is 27.8 Å². The first-order chi connectivity index (χ1) is 11.4. The van der Waals surface area contributed by atoms with E-state index in [0.717, 1.165) is 0 Å². The zero-order valence-corrected chi connectivity index (χ0v) is 15.6. The van der Waals surface area contributed by atoms with E-state index >= 15 is 0 Å². The summed E-state index contributed by atoms with van der Waals surface area (Å²) in [5.74, 6) is 0. The summed E-state index contributed by atoms with van der Waals surface area (Å²) in [6.45, 7) is 11.0. The smallest absolute Gasteiger partial charge is 0.201 e. The Morgan fingerprint density at radius 3 is 1.92 bits per heavy atom. The van der Waals surface area contributed by atoms with Crippen LogP contribution in [0, 0.1) is 34.6 Å². The van der Waals surface area contributed by atoms with Gasteiger partial charge in [-0.25, -0.2) is 4.57 Å². The van der Waals surface area contributed by atoms with Crippen molar-refractivity contribution < 1.29 is 4.57 Å². The van der Waals surface area contributed by atoms with Crippen molar-refractivity contribution >= 4 is 0 Å². The molecular formula is C23H26N+. The normalized spacial score (nSPS) is 10.9. The van der Waals surface area contributed by atoms with Crippen molar-refractivity contribution in [3.8, 4) is 22.4 Å². The minimum atomic E-state index is 1.27. The first kappa shape index (κ1) is 16.4. The predicted octanol–water partition coefficient (Wildman–Crippen LogP) is 5.39. The summed E-state index contributed by atoms with van der Waals surface area (Å²) in [5, 5.41) is 0. The molecule has 0 aliphatic rings. The monoisotopic (exact) mass is 316 g/mol. The van der Waals surface area contributed by atoms with Crippen molar-refractivity contribution in [3.63, 3.8) is 0 Å². The van der Waals surface area contributed by atoms with Crippen LogP contribution in [0.5, 0.6) is 0 Å². The highest BCUT2D eigenvalue weighted by molar-refractivity contribution is 5.79. The van der Waals surface area contributed by atoms with E-state index in [1.807, 2.05) is 0 Å². The number of pyridine rings is 1. The van der Waals surface area contributed by atoms with Gasteiger partial charge in [0.05, 0.1) is 0 Å². The molecule has 3 aromatic rings. The van der Waals surface area contributed by atoms with Crippen molar-refractivity contribution in [1.82, 2.24) is 0 Å². The van der Waals surface area contributed by atoms with E-state index in [4.69, 9.17) is 0 Å². The van der Waals surface area contributed by atoms with Gasteiger partial charge in [-0.05, 0) is 74.1 Å². The van der Waals surface area contributed by atoms with Gasteiger partial charge in [-0.1, -0.05) is 30.3 Å². The molecule has 0 atom stereocenters. The van der Waals surface area contributed by atoms with Gasteiger partial charge in [-0.2, -0.15) is 0 Å². The summed E-state index contributed by atoms with van der Waals surface area (Å²) in [6, 6.07) is 15.5. The van der Waals surface area contributed by atoms with Crippen LogP contribution >= 0.6 is 0 Å². The molecule has 0 unspecified atom stereocenters. The Balaban J connectivity index is 2.26. The van der Waals surface area contributed by atoms with E-state index < -0.39 is 0 Å². The SMILES string of the molecule is Cc1cc(-c2cccc(-c3c(C)cccc3C)c2C)[n+](C)cc1C. The van der Waals surface area contributed by atoms with Crippen LogP contribution in [0.15, 0.2) is 48.7 Å². The van der Waals surface area contributed by atoms with Gasteiger partial charge < -0.3 is 0 Å². The number of hydrogen-bond donors (Lipinski definition) is 0. The molecule has 0 aliphatic carbocycles. The molecule has 0 amide bonds. The third kappa shape index (κ3) is 2.75. The van der Waals surface area contributed by atoms with Crippen LogP contribution in [0.3, 0.4) is 0 Å². The topological polar surface area (TPSA) is 3.88 Å². The summed E-state index contributed by atoms with van der Waals surface area (Å²) in [5.41, 5.74) is 11.9. The maximum absolute atomic E-state index is 2.30. The van der Waals surface area contributed by atoms with Gasteiger partial charge in [0.1, 0.15) is 7.05 Å². The van der Waals surface area contributed by atoms with E-state index in [1.54, 1.807) is 0 Å². The van der Waals surface area contributed by atoms with Gasteiger partial charge in [-0.15, -0.1) is 0 Å².